The highest BCUT2D eigenvalue weighted by Crippen LogP contribution is 2.33. The van der Waals surface area contributed by atoms with E-state index in [1.165, 1.54) is 23.0 Å². The molecule has 0 saturated heterocycles. The van der Waals surface area contributed by atoms with E-state index in [1.807, 2.05) is 0 Å². The van der Waals surface area contributed by atoms with Crippen LogP contribution in [0.1, 0.15) is 16.8 Å². The Balaban J connectivity index is 1.50. The van der Waals surface area contributed by atoms with Gasteiger partial charge in [0.1, 0.15) is 5.83 Å². The Morgan fingerprint density at radius 3 is 2.68 bits per heavy atom. The third-order valence-corrected chi connectivity index (χ3v) is 5.91. The number of amides is 2. The zero-order chi connectivity index (χ0) is 24.3. The summed E-state index contributed by atoms with van der Waals surface area (Å²) in [5.41, 5.74) is 0.219. The molecule has 34 heavy (non-hydrogen) atoms. The average Bonchev–Trinajstić information content (AvgIpc) is 3.26. The van der Waals surface area contributed by atoms with E-state index in [2.05, 4.69) is 15.1 Å². The molecule has 0 spiro atoms. The number of aromatic nitrogens is 2. The van der Waals surface area contributed by atoms with Crippen LogP contribution in [-0.2, 0) is 17.5 Å². The Bertz CT molecular complexity index is 1230. The van der Waals surface area contributed by atoms with Crippen molar-refractivity contribution in [1.29, 1.82) is 0 Å². The monoisotopic (exact) mass is 512 g/mol. The number of carbonyl (C=O) groups is 1. The van der Waals surface area contributed by atoms with Gasteiger partial charge < -0.3 is 10.1 Å². The lowest BCUT2D eigenvalue weighted by Crippen LogP contribution is -2.32. The number of halogens is 5. The third-order valence-electron chi connectivity index (χ3n) is 4.86. The Morgan fingerprint density at radius 2 is 1.94 bits per heavy atom. The first-order valence-corrected chi connectivity index (χ1v) is 11.1. The summed E-state index contributed by atoms with van der Waals surface area (Å²) < 4.78 is 63.7. The maximum atomic E-state index is 15.1. The second kappa shape index (κ2) is 10.1. The second-order valence-electron chi connectivity index (χ2n) is 7.20. The molecule has 4 rings (SSSR count). The number of carbonyl (C=O) groups excluding carboxylic acids is 1. The van der Waals surface area contributed by atoms with Gasteiger partial charge in [-0.2, -0.15) is 18.3 Å². The smallest absolute Gasteiger partial charge is 0.372 e. The fourth-order valence-electron chi connectivity index (χ4n) is 3.27. The highest BCUT2D eigenvalue weighted by atomic mass is 35.5. The molecule has 1 aliphatic heterocycles. The fourth-order valence-corrected chi connectivity index (χ4v) is 3.95. The number of ether oxygens (including phenoxy) is 1. The van der Waals surface area contributed by atoms with Crippen LogP contribution in [0.25, 0.3) is 11.3 Å². The van der Waals surface area contributed by atoms with E-state index in [-0.39, 0.29) is 24.5 Å². The number of hydrogen-bond acceptors (Lipinski definition) is 4. The summed E-state index contributed by atoms with van der Waals surface area (Å²) in [6.07, 6.45) is -3.11. The lowest BCUT2D eigenvalue weighted by molar-refractivity contribution is -0.137. The maximum absolute atomic E-state index is 15.1. The van der Waals surface area contributed by atoms with Crippen molar-refractivity contribution in [1.82, 2.24) is 19.8 Å². The average molecular weight is 513 g/mol. The first-order chi connectivity index (χ1) is 16.2. The van der Waals surface area contributed by atoms with Gasteiger partial charge in [0.05, 0.1) is 42.9 Å². The Kier molecular flexibility index (Phi) is 7.15. The van der Waals surface area contributed by atoms with Crippen LogP contribution < -0.4 is 10.0 Å². The minimum atomic E-state index is -4.53. The van der Waals surface area contributed by atoms with Crippen LogP contribution in [0.5, 0.6) is 0 Å². The van der Waals surface area contributed by atoms with Crippen LogP contribution in [0.2, 0.25) is 5.02 Å². The van der Waals surface area contributed by atoms with E-state index in [4.69, 9.17) is 16.3 Å². The summed E-state index contributed by atoms with van der Waals surface area (Å²) in [5, 5.41) is 7.11. The van der Waals surface area contributed by atoms with Crippen molar-refractivity contribution in [2.24, 2.45) is 0 Å². The molecule has 0 bridgehead atoms. The number of nitrogens with zero attached hydrogens (tertiary/aromatic N) is 2. The number of rotatable bonds is 5. The van der Waals surface area contributed by atoms with E-state index < -0.39 is 30.1 Å². The standard InChI is InChI=1S/C22H17ClF4N4O2S/c23-15-4-6-17(7-5-15)34-30-21(32)28-10-19(24)18-12-33-11-13-9-29-31(20(13)18)16-3-1-2-14(8-16)22(25,26)27/h1-9H,10-12H2,(H2,28,30,32)/b19-18-. The van der Waals surface area contributed by atoms with Crippen molar-refractivity contribution >= 4 is 35.2 Å². The summed E-state index contributed by atoms with van der Waals surface area (Å²) in [6, 6.07) is 10.7. The lowest BCUT2D eigenvalue weighted by Gasteiger charge is -2.20. The number of benzene rings is 2. The molecule has 2 aromatic carbocycles. The molecule has 6 nitrogen and oxygen atoms in total. The highest BCUT2D eigenvalue weighted by molar-refractivity contribution is 7.98. The van der Waals surface area contributed by atoms with Gasteiger partial charge in [0.2, 0.25) is 0 Å². The number of alkyl halides is 3. The molecule has 1 aliphatic rings. The van der Waals surface area contributed by atoms with Gasteiger partial charge in [-0.05, 0) is 54.4 Å². The summed E-state index contributed by atoms with van der Waals surface area (Å²) >= 11 is 6.84. The number of urea groups is 1. The molecule has 1 aromatic heterocycles. The predicted octanol–water partition coefficient (Wildman–Crippen LogP) is 5.76. The Morgan fingerprint density at radius 1 is 1.18 bits per heavy atom. The summed E-state index contributed by atoms with van der Waals surface area (Å²) in [5.74, 6) is -0.693. The van der Waals surface area contributed by atoms with Crippen molar-refractivity contribution in [3.05, 3.63) is 82.4 Å². The van der Waals surface area contributed by atoms with Gasteiger partial charge in [-0.15, -0.1) is 0 Å². The molecule has 178 valence electrons. The molecule has 2 N–H and O–H groups in total. The molecule has 0 aliphatic carbocycles. The minimum Gasteiger partial charge on any atom is -0.372 e. The Hall–Kier alpha value is -3.02. The molecule has 12 heteroatoms. The van der Waals surface area contributed by atoms with E-state index in [0.29, 0.717) is 16.3 Å². The zero-order valence-electron chi connectivity index (χ0n) is 17.3. The first-order valence-electron chi connectivity index (χ1n) is 9.89. The first kappa shape index (κ1) is 24.1. The third kappa shape index (κ3) is 5.54. The van der Waals surface area contributed by atoms with Crippen molar-refractivity contribution in [3.63, 3.8) is 0 Å². The summed E-state index contributed by atoms with van der Waals surface area (Å²) in [4.78, 5) is 12.8. The van der Waals surface area contributed by atoms with Gasteiger partial charge in [-0.25, -0.2) is 13.9 Å². The maximum Gasteiger partial charge on any atom is 0.416 e. The zero-order valence-corrected chi connectivity index (χ0v) is 18.9. The van der Waals surface area contributed by atoms with E-state index >= 15 is 4.39 Å². The quantitative estimate of drug-likeness (QED) is 0.337. The van der Waals surface area contributed by atoms with Gasteiger partial charge in [-0.1, -0.05) is 17.7 Å². The van der Waals surface area contributed by atoms with Gasteiger partial charge in [0.15, 0.2) is 0 Å². The van der Waals surface area contributed by atoms with Crippen LogP contribution in [0.15, 0.2) is 65.5 Å². The molecule has 0 unspecified atom stereocenters. The van der Waals surface area contributed by atoms with Crippen LogP contribution in [-0.4, -0.2) is 29.0 Å². The van der Waals surface area contributed by atoms with Crippen LogP contribution in [0.3, 0.4) is 0 Å². The molecule has 0 fully saturated rings. The van der Waals surface area contributed by atoms with E-state index in [0.717, 1.165) is 29.0 Å². The number of fused-ring (bicyclic) bond motifs is 1. The van der Waals surface area contributed by atoms with Gasteiger partial charge in [0, 0.05) is 21.1 Å². The van der Waals surface area contributed by atoms with Gasteiger partial charge in [0.25, 0.3) is 0 Å². The summed E-state index contributed by atoms with van der Waals surface area (Å²) in [6.45, 7) is -0.429. The molecule has 3 aromatic rings. The van der Waals surface area contributed by atoms with Crippen LogP contribution in [0.4, 0.5) is 22.4 Å². The van der Waals surface area contributed by atoms with E-state index in [9.17, 15) is 18.0 Å². The van der Waals surface area contributed by atoms with Gasteiger partial charge >= 0.3 is 12.2 Å². The van der Waals surface area contributed by atoms with Crippen molar-refractivity contribution in [2.75, 3.05) is 13.2 Å². The largest absolute Gasteiger partial charge is 0.416 e. The molecular formula is C22H17ClF4N4O2S. The SMILES string of the molecule is O=C(NC/C(F)=C1\COCc2cnn(-c3cccc(C(F)(F)F)c3)c21)NSc1ccc(Cl)cc1. The van der Waals surface area contributed by atoms with Crippen molar-refractivity contribution < 1.29 is 27.1 Å². The fraction of sp³-hybridized carbons (Fsp3) is 0.182. The van der Waals surface area contributed by atoms with Crippen molar-refractivity contribution in [2.45, 2.75) is 17.7 Å². The lowest BCUT2D eigenvalue weighted by atomic mass is 10.1. The van der Waals surface area contributed by atoms with Crippen molar-refractivity contribution in [3.8, 4) is 5.69 Å². The molecule has 0 atom stereocenters. The van der Waals surface area contributed by atoms with E-state index in [1.54, 1.807) is 24.3 Å². The minimum absolute atomic E-state index is 0.0989. The molecular weight excluding hydrogens is 496 g/mol. The molecule has 2 amide bonds. The van der Waals surface area contributed by atoms with Crippen LogP contribution >= 0.6 is 23.5 Å². The second-order valence-corrected chi connectivity index (χ2v) is 8.51. The summed E-state index contributed by atoms with van der Waals surface area (Å²) in [7, 11) is 0. The molecule has 2 heterocycles. The Labute approximate surface area is 201 Å². The molecule has 0 saturated carbocycles. The number of nitrogens with one attached hydrogen (secondary N) is 2. The van der Waals surface area contributed by atoms with Gasteiger partial charge in [-0.3, -0.25) is 4.72 Å². The topological polar surface area (TPSA) is 68.2 Å². The molecule has 0 radical (unpaired) electrons. The predicted molar refractivity (Wildman–Crippen MR) is 120 cm³/mol. The normalized spacial score (nSPS) is 15.0. The van der Waals surface area contributed by atoms with Crippen LogP contribution in [0, 0.1) is 0 Å². The number of hydrogen-bond donors (Lipinski definition) is 2. The highest BCUT2D eigenvalue weighted by Gasteiger charge is 2.31.